The zero-order valence-corrected chi connectivity index (χ0v) is 14.4. The molecule has 1 N–H and O–H groups in total. The van der Waals surface area contributed by atoms with Crippen LogP contribution in [0.3, 0.4) is 0 Å². The normalized spacial score (nSPS) is 11.2. The Morgan fingerprint density at radius 3 is 2.67 bits per heavy atom. The molecule has 0 aliphatic heterocycles. The number of hydrogen-bond acceptors (Lipinski definition) is 2. The summed E-state index contributed by atoms with van der Waals surface area (Å²) in [5.74, 6) is 1.10. The van der Waals surface area contributed by atoms with Gasteiger partial charge in [0.15, 0.2) is 0 Å². The predicted octanol–water partition coefficient (Wildman–Crippen LogP) is 3.95. The molecule has 0 fully saturated rings. The summed E-state index contributed by atoms with van der Waals surface area (Å²) in [6.45, 7) is 3.79. The summed E-state index contributed by atoms with van der Waals surface area (Å²) >= 11 is 0. The van der Waals surface area contributed by atoms with E-state index in [4.69, 9.17) is 4.98 Å². The zero-order valence-electron chi connectivity index (χ0n) is 14.4. The molecule has 0 spiro atoms. The first-order valence-corrected chi connectivity index (χ1v) is 8.34. The van der Waals surface area contributed by atoms with Gasteiger partial charge in [0, 0.05) is 25.1 Å². The highest BCUT2D eigenvalue weighted by atomic mass is 16.1. The van der Waals surface area contributed by atoms with E-state index >= 15 is 0 Å². The van der Waals surface area contributed by atoms with Crippen molar-refractivity contribution in [2.45, 2.75) is 26.7 Å². The van der Waals surface area contributed by atoms with Crippen LogP contribution < -0.4 is 5.32 Å². The molecule has 0 bridgehead atoms. The minimum Gasteiger partial charge on any atom is -0.331 e. The van der Waals surface area contributed by atoms with E-state index < -0.39 is 0 Å². The number of fused-ring (bicyclic) bond motifs is 1. The molecule has 0 saturated heterocycles. The van der Waals surface area contributed by atoms with E-state index in [1.54, 1.807) is 0 Å². The number of imidazole rings is 1. The maximum Gasteiger partial charge on any atom is 0.226 e. The highest BCUT2D eigenvalue weighted by Crippen LogP contribution is 2.17. The standard InChI is InChI=1S/C20H23N3O/c1-14(2)20(24)21-16-8-6-7-15(13-16)11-12-19-22-17-9-4-5-10-18(17)23(19)3/h4-10,13-14H,11-12H2,1-3H3,(H,21,24). The lowest BCUT2D eigenvalue weighted by Crippen LogP contribution is -2.17. The Kier molecular flexibility index (Phi) is 4.65. The monoisotopic (exact) mass is 321 g/mol. The van der Waals surface area contributed by atoms with Gasteiger partial charge in [0.2, 0.25) is 5.91 Å². The third kappa shape index (κ3) is 3.48. The van der Waals surface area contributed by atoms with Gasteiger partial charge in [-0.2, -0.15) is 0 Å². The topological polar surface area (TPSA) is 46.9 Å². The number of hydrogen-bond donors (Lipinski definition) is 1. The molecule has 4 nitrogen and oxygen atoms in total. The first-order chi connectivity index (χ1) is 11.5. The number of benzene rings is 2. The average molecular weight is 321 g/mol. The second kappa shape index (κ2) is 6.87. The summed E-state index contributed by atoms with van der Waals surface area (Å²) in [7, 11) is 2.06. The second-order valence-corrected chi connectivity index (χ2v) is 6.42. The van der Waals surface area contributed by atoms with E-state index in [0.29, 0.717) is 0 Å². The summed E-state index contributed by atoms with van der Waals surface area (Å²) in [5.41, 5.74) is 4.25. The van der Waals surface area contributed by atoms with Crippen molar-refractivity contribution in [1.29, 1.82) is 0 Å². The van der Waals surface area contributed by atoms with Crippen LogP contribution in [-0.2, 0) is 24.7 Å². The van der Waals surface area contributed by atoms with E-state index in [9.17, 15) is 4.79 Å². The Morgan fingerprint density at radius 1 is 1.12 bits per heavy atom. The molecule has 2 aromatic carbocycles. The first-order valence-electron chi connectivity index (χ1n) is 8.34. The number of anilines is 1. The highest BCUT2D eigenvalue weighted by Gasteiger charge is 2.09. The summed E-state index contributed by atoms with van der Waals surface area (Å²) in [6.07, 6.45) is 1.76. The molecular weight excluding hydrogens is 298 g/mol. The van der Waals surface area contributed by atoms with E-state index in [-0.39, 0.29) is 11.8 Å². The Labute approximate surface area is 142 Å². The van der Waals surface area contributed by atoms with Crippen LogP contribution in [0.2, 0.25) is 0 Å². The van der Waals surface area contributed by atoms with Crippen molar-refractivity contribution in [3.63, 3.8) is 0 Å². The lowest BCUT2D eigenvalue weighted by atomic mass is 10.1. The number of amides is 1. The van der Waals surface area contributed by atoms with Crippen molar-refractivity contribution in [1.82, 2.24) is 9.55 Å². The fourth-order valence-corrected chi connectivity index (χ4v) is 2.77. The van der Waals surface area contributed by atoms with E-state index in [1.165, 1.54) is 5.56 Å². The van der Waals surface area contributed by atoms with Gasteiger partial charge >= 0.3 is 0 Å². The lowest BCUT2D eigenvalue weighted by Gasteiger charge is -2.09. The predicted molar refractivity (Wildman–Crippen MR) is 98.0 cm³/mol. The number of nitrogens with zero attached hydrogens (tertiary/aromatic N) is 2. The molecule has 0 aliphatic rings. The van der Waals surface area contributed by atoms with Gasteiger partial charge in [-0.3, -0.25) is 4.79 Å². The summed E-state index contributed by atoms with van der Waals surface area (Å²) < 4.78 is 2.15. The Hall–Kier alpha value is -2.62. The quantitative estimate of drug-likeness (QED) is 0.773. The Bertz CT molecular complexity index is 864. The molecule has 0 unspecified atom stereocenters. The van der Waals surface area contributed by atoms with Crippen molar-refractivity contribution in [3.8, 4) is 0 Å². The molecule has 1 heterocycles. The van der Waals surface area contributed by atoms with Crippen LogP contribution in [0.1, 0.15) is 25.2 Å². The zero-order chi connectivity index (χ0) is 17.1. The van der Waals surface area contributed by atoms with Crippen molar-refractivity contribution >= 4 is 22.6 Å². The molecule has 0 saturated carbocycles. The molecule has 1 amide bonds. The molecule has 0 atom stereocenters. The number of nitrogens with one attached hydrogen (secondary N) is 1. The maximum atomic E-state index is 11.8. The number of carbonyl (C=O) groups excluding carboxylic acids is 1. The molecule has 0 radical (unpaired) electrons. The number of rotatable bonds is 5. The highest BCUT2D eigenvalue weighted by molar-refractivity contribution is 5.92. The smallest absolute Gasteiger partial charge is 0.226 e. The summed E-state index contributed by atoms with van der Waals surface area (Å²) in [5, 5.41) is 2.95. The van der Waals surface area contributed by atoms with Gasteiger partial charge < -0.3 is 9.88 Å². The number of carbonyl (C=O) groups is 1. The minimum absolute atomic E-state index is 0.0198. The van der Waals surface area contributed by atoms with Crippen LogP contribution in [0.4, 0.5) is 5.69 Å². The SMILES string of the molecule is CC(C)C(=O)Nc1cccc(CCc2nc3ccccc3n2C)c1. The van der Waals surface area contributed by atoms with Gasteiger partial charge in [0.05, 0.1) is 11.0 Å². The van der Waals surface area contributed by atoms with Gasteiger partial charge in [-0.25, -0.2) is 4.98 Å². The molecule has 0 aliphatic carbocycles. The van der Waals surface area contributed by atoms with Crippen molar-refractivity contribution < 1.29 is 4.79 Å². The number of aromatic nitrogens is 2. The molecule has 3 aromatic rings. The van der Waals surface area contributed by atoms with Crippen molar-refractivity contribution in [3.05, 3.63) is 59.9 Å². The van der Waals surface area contributed by atoms with Crippen LogP contribution >= 0.6 is 0 Å². The Morgan fingerprint density at radius 2 is 1.92 bits per heavy atom. The Balaban J connectivity index is 1.72. The minimum atomic E-state index is -0.0198. The summed E-state index contributed by atoms with van der Waals surface area (Å²) in [4.78, 5) is 16.5. The fourth-order valence-electron chi connectivity index (χ4n) is 2.77. The van der Waals surface area contributed by atoms with Crippen molar-refractivity contribution in [2.24, 2.45) is 13.0 Å². The molecule has 124 valence electrons. The molecule has 3 rings (SSSR count). The molecule has 4 heteroatoms. The molecular formula is C20H23N3O. The molecule has 1 aromatic heterocycles. The van der Waals surface area contributed by atoms with Crippen LogP contribution in [0.15, 0.2) is 48.5 Å². The maximum absolute atomic E-state index is 11.8. The van der Waals surface area contributed by atoms with E-state index in [2.05, 4.69) is 29.1 Å². The number of aryl methyl sites for hydroxylation is 3. The number of para-hydroxylation sites is 2. The van der Waals surface area contributed by atoms with Crippen LogP contribution in [0.5, 0.6) is 0 Å². The average Bonchev–Trinajstić information content (AvgIpc) is 2.90. The van der Waals surface area contributed by atoms with Crippen LogP contribution in [0.25, 0.3) is 11.0 Å². The summed E-state index contributed by atoms with van der Waals surface area (Å²) in [6, 6.07) is 16.2. The fraction of sp³-hybridized carbons (Fsp3) is 0.300. The van der Waals surface area contributed by atoms with E-state index in [0.717, 1.165) is 35.4 Å². The first kappa shape index (κ1) is 16.2. The molecule has 24 heavy (non-hydrogen) atoms. The van der Waals surface area contributed by atoms with E-state index in [1.807, 2.05) is 50.2 Å². The van der Waals surface area contributed by atoms with Gasteiger partial charge in [0.25, 0.3) is 0 Å². The lowest BCUT2D eigenvalue weighted by molar-refractivity contribution is -0.118. The largest absolute Gasteiger partial charge is 0.331 e. The third-order valence-electron chi connectivity index (χ3n) is 4.24. The van der Waals surface area contributed by atoms with Crippen LogP contribution in [-0.4, -0.2) is 15.5 Å². The van der Waals surface area contributed by atoms with Gasteiger partial charge in [-0.05, 0) is 36.2 Å². The van der Waals surface area contributed by atoms with Gasteiger partial charge in [0.1, 0.15) is 5.82 Å². The van der Waals surface area contributed by atoms with Crippen molar-refractivity contribution in [2.75, 3.05) is 5.32 Å². The third-order valence-corrected chi connectivity index (χ3v) is 4.24. The second-order valence-electron chi connectivity index (χ2n) is 6.42. The van der Waals surface area contributed by atoms with Gasteiger partial charge in [-0.1, -0.05) is 38.1 Å². The van der Waals surface area contributed by atoms with Crippen LogP contribution in [0, 0.1) is 5.92 Å². The van der Waals surface area contributed by atoms with Gasteiger partial charge in [-0.15, -0.1) is 0 Å².